The normalized spacial score (nSPS) is 10.7. The molecule has 0 amide bonds. The predicted molar refractivity (Wildman–Crippen MR) is 120 cm³/mol. The average Bonchev–Trinajstić information content (AvgIpc) is 3.22. The average molecular weight is 433 g/mol. The Balaban J connectivity index is 1.42. The summed E-state index contributed by atoms with van der Waals surface area (Å²) in [4.78, 5) is 12.6. The van der Waals surface area contributed by atoms with Gasteiger partial charge >= 0.3 is 0 Å². The summed E-state index contributed by atoms with van der Waals surface area (Å²) in [7, 11) is 1.59. The maximum Gasteiger partial charge on any atom is 0.246 e. The maximum absolute atomic E-state index is 5.79. The molecule has 164 valence electrons. The summed E-state index contributed by atoms with van der Waals surface area (Å²) in [6, 6.07) is 16.9. The van der Waals surface area contributed by atoms with E-state index >= 15 is 0 Å². The number of hydrogen-bond acceptors (Lipinski definition) is 9. The van der Waals surface area contributed by atoms with Gasteiger partial charge in [0.1, 0.15) is 12.4 Å². The number of aryl methyl sites for hydroxylation is 1. The number of H-pyrrole nitrogens is 1. The molecule has 4 N–H and O–H groups in total. The molecule has 0 atom stereocenters. The molecule has 32 heavy (non-hydrogen) atoms. The van der Waals surface area contributed by atoms with Crippen molar-refractivity contribution in [1.29, 1.82) is 0 Å². The summed E-state index contributed by atoms with van der Waals surface area (Å²) in [6.45, 7) is 2.81. The first-order valence-corrected chi connectivity index (χ1v) is 9.90. The van der Waals surface area contributed by atoms with E-state index in [4.69, 9.17) is 19.9 Å². The van der Waals surface area contributed by atoms with Crippen LogP contribution in [0.1, 0.15) is 5.56 Å². The number of hydrogen-bond donors (Lipinski definition) is 3. The second-order valence-corrected chi connectivity index (χ2v) is 6.87. The fourth-order valence-corrected chi connectivity index (χ4v) is 2.88. The lowest BCUT2D eigenvalue weighted by atomic mass is 10.2. The summed E-state index contributed by atoms with van der Waals surface area (Å²) in [5, 5.41) is 10.3. The minimum absolute atomic E-state index is 0.0573. The quantitative estimate of drug-likeness (QED) is 0.338. The topological polar surface area (TPSA) is 133 Å². The Morgan fingerprint density at radius 1 is 0.969 bits per heavy atom. The van der Waals surface area contributed by atoms with Gasteiger partial charge in [-0.3, -0.25) is 5.10 Å². The molecular formula is C22H23N7O3. The molecule has 4 aromatic rings. The van der Waals surface area contributed by atoms with Gasteiger partial charge in [-0.25, -0.2) is 0 Å². The molecule has 0 fully saturated rings. The summed E-state index contributed by atoms with van der Waals surface area (Å²) in [6.07, 6.45) is 0. The largest absolute Gasteiger partial charge is 0.475 e. The Morgan fingerprint density at radius 2 is 1.78 bits per heavy atom. The van der Waals surface area contributed by atoms with Crippen LogP contribution in [-0.2, 0) is 4.74 Å². The van der Waals surface area contributed by atoms with Gasteiger partial charge in [0.15, 0.2) is 5.82 Å². The van der Waals surface area contributed by atoms with E-state index in [1.165, 1.54) is 0 Å². The number of ether oxygens (including phenoxy) is 3. The molecule has 0 aliphatic heterocycles. The van der Waals surface area contributed by atoms with E-state index in [0.29, 0.717) is 36.6 Å². The number of aromatic amines is 1. The summed E-state index contributed by atoms with van der Waals surface area (Å²) in [5.74, 6) is 2.35. The fourth-order valence-electron chi connectivity index (χ4n) is 2.88. The van der Waals surface area contributed by atoms with Crippen molar-refractivity contribution in [3.8, 4) is 28.9 Å². The smallest absolute Gasteiger partial charge is 0.246 e. The van der Waals surface area contributed by atoms with Crippen molar-refractivity contribution in [2.24, 2.45) is 0 Å². The van der Waals surface area contributed by atoms with E-state index in [1.54, 1.807) is 25.3 Å². The number of nitrogens with two attached hydrogens (primary N) is 1. The van der Waals surface area contributed by atoms with Crippen molar-refractivity contribution >= 4 is 17.6 Å². The molecule has 10 heteroatoms. The SMILES string of the molecule is COCCOc1cc(Oc2ccc(-c3nc(Nc4cccc(C)c4)n[nH]3)cc2)nc(N)n1. The minimum Gasteiger partial charge on any atom is -0.475 e. The first-order valence-electron chi connectivity index (χ1n) is 9.90. The lowest BCUT2D eigenvalue weighted by Crippen LogP contribution is -2.07. The number of nitrogen functional groups attached to an aromatic ring is 1. The lowest BCUT2D eigenvalue weighted by molar-refractivity contribution is 0.143. The molecule has 2 aromatic heterocycles. The molecule has 0 aliphatic carbocycles. The highest BCUT2D eigenvalue weighted by molar-refractivity contribution is 5.60. The van der Waals surface area contributed by atoms with Crippen LogP contribution in [-0.4, -0.2) is 45.5 Å². The van der Waals surface area contributed by atoms with Crippen LogP contribution in [0.5, 0.6) is 17.5 Å². The highest BCUT2D eigenvalue weighted by Crippen LogP contribution is 2.26. The van der Waals surface area contributed by atoms with Gasteiger partial charge in [0.25, 0.3) is 0 Å². The molecule has 0 bridgehead atoms. The van der Waals surface area contributed by atoms with Crippen molar-refractivity contribution < 1.29 is 14.2 Å². The first kappa shape index (κ1) is 21.1. The van der Waals surface area contributed by atoms with Gasteiger partial charge in [-0.15, -0.1) is 5.10 Å². The number of nitrogens with zero attached hydrogens (tertiary/aromatic N) is 4. The number of benzene rings is 2. The Kier molecular flexibility index (Phi) is 6.42. The van der Waals surface area contributed by atoms with Crippen molar-refractivity contribution in [3.05, 3.63) is 60.2 Å². The minimum atomic E-state index is 0.0573. The molecule has 0 saturated carbocycles. The number of nitrogens with one attached hydrogen (secondary N) is 2. The zero-order valence-electron chi connectivity index (χ0n) is 17.7. The Morgan fingerprint density at radius 3 is 2.56 bits per heavy atom. The van der Waals surface area contributed by atoms with Crippen LogP contribution in [0.2, 0.25) is 0 Å². The fraction of sp³-hybridized carbons (Fsp3) is 0.182. The van der Waals surface area contributed by atoms with Gasteiger partial charge in [-0.05, 0) is 48.9 Å². The third-order valence-corrected chi connectivity index (χ3v) is 4.34. The molecule has 0 radical (unpaired) electrons. The maximum atomic E-state index is 5.79. The van der Waals surface area contributed by atoms with Gasteiger partial charge in [0, 0.05) is 18.4 Å². The van der Waals surface area contributed by atoms with E-state index in [1.807, 2.05) is 43.3 Å². The Bertz CT molecular complexity index is 1180. The van der Waals surface area contributed by atoms with Crippen molar-refractivity contribution in [2.45, 2.75) is 6.92 Å². The van der Waals surface area contributed by atoms with Gasteiger partial charge in [-0.2, -0.15) is 15.0 Å². The molecule has 2 aromatic carbocycles. The number of aromatic nitrogens is 5. The van der Waals surface area contributed by atoms with Crippen molar-refractivity contribution in [2.75, 3.05) is 31.4 Å². The van der Waals surface area contributed by atoms with E-state index in [-0.39, 0.29) is 11.8 Å². The van der Waals surface area contributed by atoms with Gasteiger partial charge in [0.2, 0.25) is 23.7 Å². The molecule has 0 saturated heterocycles. The molecule has 4 rings (SSSR count). The second kappa shape index (κ2) is 9.75. The number of methoxy groups -OCH3 is 1. The van der Waals surface area contributed by atoms with Crippen LogP contribution in [0.15, 0.2) is 54.6 Å². The van der Waals surface area contributed by atoms with Crippen LogP contribution < -0.4 is 20.5 Å². The van der Waals surface area contributed by atoms with E-state index in [2.05, 4.69) is 30.5 Å². The molecule has 10 nitrogen and oxygen atoms in total. The number of anilines is 3. The van der Waals surface area contributed by atoms with E-state index in [0.717, 1.165) is 16.8 Å². The number of rotatable bonds is 9. The van der Waals surface area contributed by atoms with Gasteiger partial charge < -0.3 is 25.3 Å². The van der Waals surface area contributed by atoms with Gasteiger partial charge in [-0.1, -0.05) is 12.1 Å². The lowest BCUT2D eigenvalue weighted by Gasteiger charge is -2.09. The van der Waals surface area contributed by atoms with Crippen LogP contribution in [0.3, 0.4) is 0 Å². The molecule has 0 spiro atoms. The monoisotopic (exact) mass is 433 g/mol. The van der Waals surface area contributed by atoms with Crippen LogP contribution in [0.4, 0.5) is 17.6 Å². The van der Waals surface area contributed by atoms with Crippen LogP contribution in [0, 0.1) is 6.92 Å². The zero-order chi connectivity index (χ0) is 22.3. The highest BCUT2D eigenvalue weighted by Gasteiger charge is 2.09. The van der Waals surface area contributed by atoms with Crippen molar-refractivity contribution in [3.63, 3.8) is 0 Å². The molecule has 0 aliphatic rings. The second-order valence-electron chi connectivity index (χ2n) is 6.87. The van der Waals surface area contributed by atoms with Crippen LogP contribution >= 0.6 is 0 Å². The summed E-state index contributed by atoms with van der Waals surface area (Å²) < 4.78 is 16.2. The Hall–Kier alpha value is -4.18. The van der Waals surface area contributed by atoms with Crippen molar-refractivity contribution in [1.82, 2.24) is 25.1 Å². The third-order valence-electron chi connectivity index (χ3n) is 4.34. The standard InChI is InChI=1S/C22H23N7O3/c1-14-4-3-5-16(12-14)24-22-27-20(28-29-22)15-6-8-17(9-7-15)32-19-13-18(25-21(23)26-19)31-11-10-30-2/h3-9,12-13H,10-11H2,1-2H3,(H2,23,25,26)(H2,24,27,28,29). The Labute approximate surface area is 184 Å². The predicted octanol–water partition coefficient (Wildman–Crippen LogP) is 3.71. The summed E-state index contributed by atoms with van der Waals surface area (Å²) in [5.41, 5.74) is 8.68. The van der Waals surface area contributed by atoms with E-state index < -0.39 is 0 Å². The van der Waals surface area contributed by atoms with E-state index in [9.17, 15) is 0 Å². The van der Waals surface area contributed by atoms with Gasteiger partial charge in [0.05, 0.1) is 12.7 Å². The first-order chi connectivity index (χ1) is 15.6. The molecule has 0 unspecified atom stereocenters. The third kappa shape index (κ3) is 5.49. The highest BCUT2D eigenvalue weighted by atomic mass is 16.5. The molecular weight excluding hydrogens is 410 g/mol. The molecule has 2 heterocycles. The summed E-state index contributed by atoms with van der Waals surface area (Å²) >= 11 is 0. The van der Waals surface area contributed by atoms with Crippen LogP contribution in [0.25, 0.3) is 11.4 Å². The zero-order valence-corrected chi connectivity index (χ0v) is 17.7.